The van der Waals surface area contributed by atoms with Gasteiger partial charge in [-0.05, 0) is 18.2 Å². The fourth-order valence-corrected chi connectivity index (χ4v) is 6.39. The van der Waals surface area contributed by atoms with Gasteiger partial charge in [-0.1, -0.05) is 91.0 Å². The number of phenols is 1. The minimum atomic E-state index is -4.45. The van der Waals surface area contributed by atoms with Crippen LogP contribution < -0.4 is 53.1 Å². The Morgan fingerprint density at radius 2 is 1.00 bits per heavy atom. The van der Waals surface area contributed by atoms with Crippen molar-refractivity contribution in [1.82, 2.24) is 0 Å². The summed E-state index contributed by atoms with van der Waals surface area (Å²) in [5.41, 5.74) is -0.583. The molecule has 0 spiro atoms. The molecule has 205 valence electrons. The van der Waals surface area contributed by atoms with E-state index in [2.05, 4.69) is 0 Å². The van der Waals surface area contributed by atoms with E-state index in [1.54, 1.807) is 0 Å². The molecule has 0 fully saturated rings. The summed E-state index contributed by atoms with van der Waals surface area (Å²) in [6, 6.07) is 31.6. The topological polar surface area (TPSA) is 129 Å². The van der Waals surface area contributed by atoms with E-state index in [4.69, 9.17) is 14.8 Å². The second kappa shape index (κ2) is 17.2. The summed E-state index contributed by atoms with van der Waals surface area (Å²) in [5, 5.41) is 20.2. The molecule has 0 heterocycles. The van der Waals surface area contributed by atoms with Crippen molar-refractivity contribution in [3.8, 4) is 5.75 Å². The molecule has 4 aromatic carbocycles. The van der Waals surface area contributed by atoms with Crippen LogP contribution in [0.25, 0.3) is 0 Å². The molecule has 7 nitrogen and oxygen atoms in total. The summed E-state index contributed by atoms with van der Waals surface area (Å²) in [6.45, 7) is 0. The van der Waals surface area contributed by atoms with E-state index in [1.807, 2.05) is 91.0 Å². The third-order valence-corrected chi connectivity index (χ3v) is 8.78. The van der Waals surface area contributed by atoms with Crippen LogP contribution in [0.15, 0.2) is 114 Å². The van der Waals surface area contributed by atoms with Gasteiger partial charge < -0.3 is 52.0 Å². The van der Waals surface area contributed by atoms with Gasteiger partial charge in [0.05, 0.1) is 4.90 Å². The van der Waals surface area contributed by atoms with Crippen LogP contribution in [0.1, 0.15) is 10.4 Å². The van der Waals surface area contributed by atoms with E-state index in [0.29, 0.717) is 6.07 Å². The van der Waals surface area contributed by atoms with Gasteiger partial charge in [-0.3, -0.25) is 4.55 Å². The first-order valence-electron chi connectivity index (χ1n) is 9.94. The van der Waals surface area contributed by atoms with Crippen molar-refractivity contribution in [2.75, 3.05) is 0 Å². The van der Waals surface area contributed by atoms with Gasteiger partial charge in [0, 0.05) is 15.9 Å². The minimum absolute atomic E-state index is 0. The average molecular weight is 765 g/mol. The Hall–Kier alpha value is -1.57. The van der Waals surface area contributed by atoms with Crippen LogP contribution in [-0.4, -0.2) is 29.2 Å². The minimum Gasteiger partial charge on any atom is -1.00 e. The Kier molecular flexibility index (Phi) is 17.5. The number of rotatable bonds is 5. The van der Waals surface area contributed by atoms with Gasteiger partial charge in [-0.2, -0.15) is 8.42 Å². The number of hydrogen-bond acceptors (Lipinski definition) is 5. The molecule has 4 aromatic rings. The van der Waals surface area contributed by atoms with Crippen LogP contribution in [-0.2, 0) is 14.7 Å². The molecule has 0 bridgehead atoms. The van der Waals surface area contributed by atoms with Gasteiger partial charge in [0.25, 0.3) is 10.1 Å². The largest absolute Gasteiger partial charge is 3.00 e. The molecule has 0 amide bonds. The third-order valence-electron chi connectivity index (χ3n) is 4.86. The number of benzene rings is 4. The van der Waals surface area contributed by atoms with Gasteiger partial charge >= 0.3 is 44.1 Å². The molecule has 0 unspecified atom stereocenters. The van der Waals surface area contributed by atoms with Gasteiger partial charge in [0.15, 0.2) is 7.14 Å². The summed E-state index contributed by atoms with van der Waals surface area (Å²) in [4.78, 5) is 9.89. The Morgan fingerprint density at radius 1 is 0.658 bits per heavy atom. The predicted molar refractivity (Wildman–Crippen MR) is 131 cm³/mol. The molecule has 0 saturated carbocycles. The van der Waals surface area contributed by atoms with E-state index in [-0.39, 0.29) is 75.4 Å². The number of carboxylic acid groups (broad SMARTS) is 1. The summed E-state index contributed by atoms with van der Waals surface area (Å²) < 4.78 is 43.6. The zero-order valence-electron chi connectivity index (χ0n) is 19.2. The molecule has 13 heteroatoms. The van der Waals surface area contributed by atoms with Crippen molar-refractivity contribution in [3.05, 3.63) is 115 Å². The normalized spacial score (nSPS) is 10.0. The van der Waals surface area contributed by atoms with Gasteiger partial charge in [-0.15, -0.1) is 0 Å². The van der Waals surface area contributed by atoms with Crippen molar-refractivity contribution in [2.45, 2.75) is 4.90 Å². The molecule has 1 radical (unpaired) electrons. The Bertz CT molecular complexity index is 1340. The average Bonchev–Trinajstić information content (AvgIpc) is 2.85. The molecular weight excluding hydrogens is 744 g/mol. The van der Waals surface area contributed by atoms with Crippen molar-refractivity contribution in [1.29, 1.82) is 0 Å². The number of aromatic carboxylic acids is 1. The van der Waals surface area contributed by atoms with Gasteiger partial charge in [0.2, 0.25) is 0 Å². The van der Waals surface area contributed by atoms with E-state index in [1.165, 1.54) is 0 Å². The van der Waals surface area contributed by atoms with Crippen LogP contribution in [0.2, 0.25) is 0 Å². The number of carboxylic acids is 1. The molecule has 3 N–H and O–H groups in total. The maximum Gasteiger partial charge on any atom is 3.00 e. The van der Waals surface area contributed by atoms with E-state index in [9.17, 15) is 17.8 Å². The first kappa shape index (κ1) is 38.6. The second-order valence-corrected chi connectivity index (χ2v) is 11.3. The molecule has 0 saturated heterocycles. The van der Waals surface area contributed by atoms with E-state index in [0.717, 1.165) is 28.0 Å². The summed E-state index contributed by atoms with van der Waals surface area (Å²) in [7, 11) is -7.23. The van der Waals surface area contributed by atoms with Crippen LogP contribution in [0.5, 0.6) is 5.75 Å². The molecule has 0 aliphatic carbocycles. The molecule has 0 atom stereocenters. The monoisotopic (exact) mass is 765 g/mol. The third kappa shape index (κ3) is 9.57. The van der Waals surface area contributed by atoms with Crippen LogP contribution in [0.4, 0.5) is 0 Å². The standard InChI is InChI=1S/C18H15OP.C7H6O6S.3ClH.Dy/c19-20(16-10-4-1-5-11-16,17-12-6-2-7-13-17)18-14-8-3-9-15-18;8-6-2-1-4(14(11,12)13)3-5(6)7(9)10;;;;/h1-15H;1-3,8H,(H,9,10)(H,11,12,13);3*1H;/q;;;;;+3/p-3. The van der Waals surface area contributed by atoms with Crippen molar-refractivity contribution in [3.63, 3.8) is 0 Å². The Morgan fingerprint density at radius 3 is 1.29 bits per heavy atom. The number of hydrogen-bond donors (Lipinski definition) is 3. The molecule has 0 aromatic heterocycles. The van der Waals surface area contributed by atoms with Crippen molar-refractivity contribution < 1.29 is 108 Å². The number of halogens is 3. The maximum atomic E-state index is 13.8. The quantitative estimate of drug-likeness (QED) is 0.137. The SMILES string of the molecule is O=C(O)c1cc(S(=O)(=O)O)ccc1O.O=P(c1ccccc1)(c1ccccc1)c1ccccc1.[Cl-].[Cl-].[Cl-].[Dy+3]. The maximum absolute atomic E-state index is 13.8. The first-order valence-corrected chi connectivity index (χ1v) is 13.1. The molecule has 0 aliphatic rings. The first-order chi connectivity index (χ1) is 16.1. The van der Waals surface area contributed by atoms with Crippen LogP contribution >= 0.6 is 7.14 Å². The summed E-state index contributed by atoms with van der Waals surface area (Å²) >= 11 is 0. The predicted octanol–water partition coefficient (Wildman–Crippen LogP) is -5.32. The van der Waals surface area contributed by atoms with Gasteiger partial charge in [-0.25, -0.2) is 4.79 Å². The Labute approximate surface area is 270 Å². The van der Waals surface area contributed by atoms with Crippen molar-refractivity contribution >= 4 is 39.1 Å². The van der Waals surface area contributed by atoms with Gasteiger partial charge in [0.1, 0.15) is 11.3 Å². The fraction of sp³-hybridized carbons (Fsp3) is 0. The molecule has 38 heavy (non-hydrogen) atoms. The molecule has 4 rings (SSSR count). The smallest absolute Gasteiger partial charge is 1.00 e. The number of aromatic hydroxyl groups is 1. The number of carbonyl (C=O) groups is 1. The molecule has 0 aliphatic heterocycles. The zero-order valence-corrected chi connectivity index (χ0v) is 25.2. The molecular formula is C25H21Cl3DyO7PS. The fourth-order valence-electron chi connectivity index (χ4n) is 3.21. The van der Waals surface area contributed by atoms with Crippen molar-refractivity contribution in [2.24, 2.45) is 0 Å². The zero-order chi connectivity index (χ0) is 24.8. The van der Waals surface area contributed by atoms with E-state index < -0.39 is 39.4 Å². The summed E-state index contributed by atoms with van der Waals surface area (Å²) in [6.07, 6.45) is 0. The van der Waals surface area contributed by atoms with Crippen LogP contribution in [0, 0.1) is 38.2 Å². The second-order valence-electron chi connectivity index (χ2n) is 7.08. The summed E-state index contributed by atoms with van der Waals surface area (Å²) in [5.74, 6) is -2.04. The van der Waals surface area contributed by atoms with E-state index >= 15 is 0 Å². The Balaban J connectivity index is 0. The van der Waals surface area contributed by atoms with Crippen LogP contribution in [0.3, 0.4) is 0 Å².